The molecule has 0 aliphatic rings. The Labute approximate surface area is 116 Å². The van der Waals surface area contributed by atoms with Crippen molar-refractivity contribution in [3.8, 4) is 11.5 Å². The van der Waals surface area contributed by atoms with Crippen molar-refractivity contribution in [1.29, 1.82) is 0 Å². The molecule has 0 aliphatic heterocycles. The van der Waals surface area contributed by atoms with Crippen molar-refractivity contribution in [3.05, 3.63) is 52.0 Å². The highest BCUT2D eigenvalue weighted by Gasteiger charge is 2.12. The van der Waals surface area contributed by atoms with Crippen molar-refractivity contribution in [1.82, 2.24) is 0 Å². The van der Waals surface area contributed by atoms with Crippen LogP contribution >= 0.6 is 15.9 Å². The van der Waals surface area contributed by atoms with E-state index in [1.807, 2.05) is 0 Å². The van der Waals surface area contributed by atoms with E-state index < -0.39 is 11.6 Å². The van der Waals surface area contributed by atoms with Crippen molar-refractivity contribution < 1.29 is 19.0 Å². The van der Waals surface area contributed by atoms with E-state index in [1.165, 1.54) is 18.2 Å². The van der Waals surface area contributed by atoms with E-state index in [-0.39, 0.29) is 23.7 Å². The Kier molecular flexibility index (Phi) is 3.90. The standard InChI is InChI=1S/C13H10BrF2NO2/c14-8-4-9(15)12(10(16)5-8)17-6-7-2-1-3-11(18)13(7)19/h1-5,17-19H,6H2. The van der Waals surface area contributed by atoms with Crippen LogP contribution in [0.3, 0.4) is 0 Å². The summed E-state index contributed by atoms with van der Waals surface area (Å²) in [6, 6.07) is 6.65. The van der Waals surface area contributed by atoms with Gasteiger partial charge in [-0.2, -0.15) is 0 Å². The summed E-state index contributed by atoms with van der Waals surface area (Å²) < 4.78 is 27.4. The molecule has 2 aromatic rings. The van der Waals surface area contributed by atoms with E-state index >= 15 is 0 Å². The number of halogens is 3. The molecule has 0 unspecified atom stereocenters. The minimum absolute atomic E-state index is 0.0181. The molecule has 3 N–H and O–H groups in total. The molecule has 0 atom stereocenters. The van der Waals surface area contributed by atoms with Gasteiger partial charge in [-0.1, -0.05) is 28.1 Å². The third-order valence-electron chi connectivity index (χ3n) is 2.56. The molecular formula is C13H10BrF2NO2. The van der Waals surface area contributed by atoms with E-state index in [4.69, 9.17) is 0 Å². The fourth-order valence-corrected chi connectivity index (χ4v) is 2.02. The van der Waals surface area contributed by atoms with Crippen molar-refractivity contribution >= 4 is 21.6 Å². The lowest BCUT2D eigenvalue weighted by Crippen LogP contribution is -2.04. The molecule has 0 bridgehead atoms. The van der Waals surface area contributed by atoms with Gasteiger partial charge in [0.2, 0.25) is 0 Å². The van der Waals surface area contributed by atoms with Crippen LogP contribution in [0.5, 0.6) is 11.5 Å². The molecular weight excluding hydrogens is 320 g/mol. The first-order chi connectivity index (χ1) is 8.99. The summed E-state index contributed by atoms with van der Waals surface area (Å²) in [6.07, 6.45) is 0. The number of para-hydroxylation sites is 1. The number of nitrogens with one attached hydrogen (secondary N) is 1. The maximum Gasteiger partial charge on any atom is 0.162 e. The summed E-state index contributed by atoms with van der Waals surface area (Å²) in [5.74, 6) is -2.08. The maximum atomic E-state index is 13.5. The molecule has 100 valence electrons. The Morgan fingerprint density at radius 1 is 1.11 bits per heavy atom. The highest BCUT2D eigenvalue weighted by molar-refractivity contribution is 9.10. The zero-order valence-electron chi connectivity index (χ0n) is 9.62. The number of phenolic OH excluding ortho intramolecular Hbond substituents is 2. The van der Waals surface area contributed by atoms with Gasteiger partial charge in [0.15, 0.2) is 11.5 Å². The molecule has 3 nitrogen and oxygen atoms in total. The molecule has 0 aromatic heterocycles. The number of benzene rings is 2. The normalized spacial score (nSPS) is 10.5. The molecule has 2 aromatic carbocycles. The van der Waals surface area contributed by atoms with Crippen LogP contribution in [0.25, 0.3) is 0 Å². The summed E-state index contributed by atoms with van der Waals surface area (Å²) in [5, 5.41) is 21.4. The zero-order chi connectivity index (χ0) is 14.0. The summed E-state index contributed by atoms with van der Waals surface area (Å²) in [6.45, 7) is -0.0181. The van der Waals surface area contributed by atoms with Crippen molar-refractivity contribution in [2.24, 2.45) is 0 Å². The lowest BCUT2D eigenvalue weighted by atomic mass is 10.2. The van der Waals surface area contributed by atoms with E-state index in [9.17, 15) is 19.0 Å². The van der Waals surface area contributed by atoms with Crippen LogP contribution < -0.4 is 5.32 Å². The Balaban J connectivity index is 2.22. The summed E-state index contributed by atoms with van der Waals surface area (Å²) in [7, 11) is 0. The van der Waals surface area contributed by atoms with Crippen LogP contribution in [0, 0.1) is 11.6 Å². The van der Waals surface area contributed by atoms with E-state index in [2.05, 4.69) is 21.2 Å². The first-order valence-corrected chi connectivity index (χ1v) is 6.16. The SMILES string of the molecule is Oc1cccc(CNc2c(F)cc(Br)cc2F)c1O. The fourth-order valence-electron chi connectivity index (χ4n) is 1.62. The van der Waals surface area contributed by atoms with E-state index in [1.54, 1.807) is 0 Å². The van der Waals surface area contributed by atoms with E-state index in [0.29, 0.717) is 10.0 Å². The van der Waals surface area contributed by atoms with Gasteiger partial charge >= 0.3 is 0 Å². The zero-order valence-corrected chi connectivity index (χ0v) is 11.2. The van der Waals surface area contributed by atoms with E-state index in [0.717, 1.165) is 12.1 Å². The number of rotatable bonds is 3. The predicted molar refractivity (Wildman–Crippen MR) is 71.2 cm³/mol. The average Bonchev–Trinajstić information content (AvgIpc) is 2.33. The number of hydrogen-bond donors (Lipinski definition) is 3. The van der Waals surface area contributed by atoms with Crippen LogP contribution in [-0.2, 0) is 6.54 Å². The fraction of sp³-hybridized carbons (Fsp3) is 0.0769. The lowest BCUT2D eigenvalue weighted by molar-refractivity contribution is 0.400. The van der Waals surface area contributed by atoms with Gasteiger partial charge in [0, 0.05) is 16.6 Å². The Hall–Kier alpha value is -1.82. The lowest BCUT2D eigenvalue weighted by Gasteiger charge is -2.11. The third kappa shape index (κ3) is 2.96. The van der Waals surface area contributed by atoms with Crippen LogP contribution in [0.4, 0.5) is 14.5 Å². The van der Waals surface area contributed by atoms with Crippen LogP contribution in [0.15, 0.2) is 34.8 Å². The van der Waals surface area contributed by atoms with Gasteiger partial charge in [-0.25, -0.2) is 8.78 Å². The molecule has 19 heavy (non-hydrogen) atoms. The third-order valence-corrected chi connectivity index (χ3v) is 3.02. The summed E-state index contributed by atoms with van der Waals surface area (Å²) >= 11 is 2.98. The predicted octanol–water partition coefficient (Wildman–Crippen LogP) is 3.75. The first kappa shape index (κ1) is 13.6. The van der Waals surface area contributed by atoms with Crippen LogP contribution in [0.2, 0.25) is 0 Å². The first-order valence-electron chi connectivity index (χ1n) is 5.37. The molecule has 0 spiro atoms. The van der Waals surface area contributed by atoms with Crippen molar-refractivity contribution in [2.75, 3.05) is 5.32 Å². The van der Waals surface area contributed by atoms with Gasteiger partial charge in [0.25, 0.3) is 0 Å². The van der Waals surface area contributed by atoms with Gasteiger partial charge in [-0.3, -0.25) is 0 Å². The Bertz CT molecular complexity index is 597. The van der Waals surface area contributed by atoms with Crippen LogP contribution in [-0.4, -0.2) is 10.2 Å². The highest BCUT2D eigenvalue weighted by Crippen LogP contribution is 2.30. The molecule has 0 saturated heterocycles. The largest absolute Gasteiger partial charge is 0.504 e. The number of aromatic hydroxyl groups is 2. The van der Waals surface area contributed by atoms with Gasteiger partial charge in [-0.15, -0.1) is 0 Å². The summed E-state index contributed by atoms with van der Waals surface area (Å²) in [4.78, 5) is 0. The smallest absolute Gasteiger partial charge is 0.162 e. The average molecular weight is 330 g/mol. The summed E-state index contributed by atoms with van der Waals surface area (Å²) in [5.41, 5.74) is 0.0488. The monoisotopic (exact) mass is 329 g/mol. The van der Waals surface area contributed by atoms with Gasteiger partial charge in [0.1, 0.15) is 17.3 Å². The number of hydrogen-bond acceptors (Lipinski definition) is 3. The Morgan fingerprint density at radius 3 is 2.37 bits per heavy atom. The van der Waals surface area contributed by atoms with Crippen LogP contribution in [0.1, 0.15) is 5.56 Å². The molecule has 6 heteroatoms. The quantitative estimate of drug-likeness (QED) is 0.752. The second kappa shape index (κ2) is 5.44. The maximum absolute atomic E-state index is 13.5. The van der Waals surface area contributed by atoms with Crippen molar-refractivity contribution in [2.45, 2.75) is 6.54 Å². The highest BCUT2D eigenvalue weighted by atomic mass is 79.9. The molecule has 0 saturated carbocycles. The second-order valence-electron chi connectivity index (χ2n) is 3.88. The molecule has 0 heterocycles. The topological polar surface area (TPSA) is 52.5 Å². The molecule has 0 aliphatic carbocycles. The van der Waals surface area contributed by atoms with Gasteiger partial charge in [0.05, 0.1) is 0 Å². The molecule has 0 fully saturated rings. The number of anilines is 1. The van der Waals surface area contributed by atoms with Gasteiger partial charge < -0.3 is 15.5 Å². The molecule has 0 amide bonds. The second-order valence-corrected chi connectivity index (χ2v) is 4.80. The minimum Gasteiger partial charge on any atom is -0.504 e. The van der Waals surface area contributed by atoms with Crippen molar-refractivity contribution in [3.63, 3.8) is 0 Å². The molecule has 2 rings (SSSR count). The Morgan fingerprint density at radius 2 is 1.74 bits per heavy atom. The minimum atomic E-state index is -0.744. The number of phenols is 2. The van der Waals surface area contributed by atoms with Gasteiger partial charge in [-0.05, 0) is 18.2 Å². The molecule has 0 radical (unpaired) electrons.